The van der Waals surface area contributed by atoms with Crippen LogP contribution in [0.4, 0.5) is 0 Å². The lowest BCUT2D eigenvalue weighted by Gasteiger charge is -2.21. The average molecular weight is 203 g/mol. The number of nitrogens with one attached hydrogen (secondary N) is 2. The zero-order chi connectivity index (χ0) is 10.1. The molecular weight excluding hydrogens is 190 g/mol. The molecule has 0 atom stereocenters. The van der Waals surface area contributed by atoms with Crippen molar-refractivity contribution in [1.29, 1.82) is 0 Å². The summed E-state index contributed by atoms with van der Waals surface area (Å²) in [4.78, 5) is 8.18. The molecule has 5 nitrogen and oxygen atoms in total. The first-order valence-corrected chi connectivity index (χ1v) is 5.30. The summed E-state index contributed by atoms with van der Waals surface area (Å²) >= 11 is 0. The van der Waals surface area contributed by atoms with E-state index in [9.17, 15) is 0 Å². The van der Waals surface area contributed by atoms with E-state index in [1.54, 1.807) is 0 Å². The van der Waals surface area contributed by atoms with Crippen LogP contribution in [0.5, 0.6) is 0 Å². The molecule has 1 saturated heterocycles. The van der Waals surface area contributed by atoms with Gasteiger partial charge >= 0.3 is 0 Å². The fourth-order valence-corrected chi connectivity index (χ4v) is 2.20. The van der Waals surface area contributed by atoms with Crippen LogP contribution in [0.3, 0.4) is 0 Å². The molecule has 15 heavy (non-hydrogen) atoms. The first-order valence-electron chi connectivity index (χ1n) is 5.30. The number of fused-ring (bicyclic) bond motifs is 1. The van der Waals surface area contributed by atoms with E-state index in [2.05, 4.69) is 25.5 Å². The van der Waals surface area contributed by atoms with Crippen LogP contribution in [0.1, 0.15) is 24.5 Å². The minimum absolute atomic E-state index is 0.572. The van der Waals surface area contributed by atoms with Crippen molar-refractivity contribution in [3.05, 3.63) is 18.2 Å². The summed E-state index contributed by atoms with van der Waals surface area (Å²) in [6, 6.07) is 0. The molecule has 5 heteroatoms. The van der Waals surface area contributed by atoms with Crippen molar-refractivity contribution in [3.8, 4) is 0 Å². The molecule has 0 spiro atoms. The van der Waals surface area contributed by atoms with Crippen LogP contribution < -0.4 is 5.32 Å². The van der Waals surface area contributed by atoms with Crippen LogP contribution in [0.15, 0.2) is 12.5 Å². The molecule has 0 aromatic carbocycles. The zero-order valence-corrected chi connectivity index (χ0v) is 8.40. The number of nitrogens with zero attached hydrogens (tertiary/aromatic N) is 3. The standard InChI is InChI=1S/C10H13N5/c1-3-11-4-2-7(1)9-8-5-12-6-13-10(8)15-14-9/h5-7,11H,1-4H2,(H,12,13,14,15). The van der Waals surface area contributed by atoms with E-state index in [4.69, 9.17) is 0 Å². The third-order valence-corrected chi connectivity index (χ3v) is 3.01. The number of hydrogen-bond acceptors (Lipinski definition) is 4. The van der Waals surface area contributed by atoms with Crippen LogP contribution in [-0.2, 0) is 0 Å². The Morgan fingerprint density at radius 1 is 1.27 bits per heavy atom. The predicted octanol–water partition coefficient (Wildman–Crippen LogP) is 0.820. The summed E-state index contributed by atoms with van der Waals surface area (Å²) in [7, 11) is 0. The van der Waals surface area contributed by atoms with E-state index in [1.807, 2.05) is 6.20 Å². The number of aromatic amines is 1. The molecule has 3 heterocycles. The van der Waals surface area contributed by atoms with Crippen LogP contribution in [0, 0.1) is 0 Å². The molecule has 3 rings (SSSR count). The molecule has 0 bridgehead atoms. The topological polar surface area (TPSA) is 66.5 Å². The van der Waals surface area contributed by atoms with Gasteiger partial charge in [0.2, 0.25) is 0 Å². The van der Waals surface area contributed by atoms with Crippen molar-refractivity contribution < 1.29 is 0 Å². The van der Waals surface area contributed by atoms with Gasteiger partial charge in [-0.2, -0.15) is 5.10 Å². The van der Waals surface area contributed by atoms with Gasteiger partial charge in [0, 0.05) is 17.8 Å². The molecule has 2 N–H and O–H groups in total. The van der Waals surface area contributed by atoms with Gasteiger partial charge < -0.3 is 5.32 Å². The van der Waals surface area contributed by atoms with Crippen molar-refractivity contribution in [2.24, 2.45) is 0 Å². The van der Waals surface area contributed by atoms with Crippen molar-refractivity contribution in [3.63, 3.8) is 0 Å². The van der Waals surface area contributed by atoms with Gasteiger partial charge in [-0.05, 0) is 25.9 Å². The zero-order valence-electron chi connectivity index (χ0n) is 8.40. The monoisotopic (exact) mass is 203 g/mol. The van der Waals surface area contributed by atoms with Crippen LogP contribution in [-0.4, -0.2) is 33.3 Å². The molecule has 78 valence electrons. The fraction of sp³-hybridized carbons (Fsp3) is 0.500. The van der Waals surface area contributed by atoms with Gasteiger partial charge in [0.15, 0.2) is 5.65 Å². The number of aromatic nitrogens is 4. The predicted molar refractivity (Wildman–Crippen MR) is 56.5 cm³/mol. The normalized spacial score (nSPS) is 18.4. The maximum atomic E-state index is 4.20. The highest BCUT2D eigenvalue weighted by Gasteiger charge is 2.19. The highest BCUT2D eigenvalue weighted by Crippen LogP contribution is 2.27. The summed E-state index contributed by atoms with van der Waals surface area (Å²) < 4.78 is 0. The molecule has 1 aliphatic heterocycles. The Hall–Kier alpha value is -1.49. The third-order valence-electron chi connectivity index (χ3n) is 3.01. The van der Waals surface area contributed by atoms with E-state index in [-0.39, 0.29) is 0 Å². The second kappa shape index (κ2) is 3.58. The minimum Gasteiger partial charge on any atom is -0.317 e. The molecular formula is C10H13N5. The molecule has 0 amide bonds. The van der Waals surface area contributed by atoms with Gasteiger partial charge in [-0.3, -0.25) is 5.10 Å². The summed E-state index contributed by atoms with van der Waals surface area (Å²) in [5.41, 5.74) is 1.98. The van der Waals surface area contributed by atoms with E-state index < -0.39 is 0 Å². The van der Waals surface area contributed by atoms with Gasteiger partial charge in [0.25, 0.3) is 0 Å². The molecule has 0 radical (unpaired) electrons. The Bertz CT molecular complexity index is 458. The van der Waals surface area contributed by atoms with Crippen LogP contribution in [0.25, 0.3) is 11.0 Å². The quantitative estimate of drug-likeness (QED) is 0.720. The van der Waals surface area contributed by atoms with Crippen molar-refractivity contribution >= 4 is 11.0 Å². The number of piperidine rings is 1. The van der Waals surface area contributed by atoms with E-state index in [1.165, 1.54) is 12.0 Å². The SMILES string of the molecule is c1ncc2c(C3CCNCC3)[nH]nc2n1. The Kier molecular flexibility index (Phi) is 2.10. The second-order valence-corrected chi connectivity index (χ2v) is 3.92. The third kappa shape index (κ3) is 1.48. The summed E-state index contributed by atoms with van der Waals surface area (Å²) in [6.45, 7) is 2.16. The van der Waals surface area contributed by atoms with Crippen molar-refractivity contribution in [1.82, 2.24) is 25.5 Å². The summed E-state index contributed by atoms with van der Waals surface area (Å²) in [5.74, 6) is 0.572. The molecule has 0 aliphatic carbocycles. The molecule has 0 saturated carbocycles. The molecule has 1 fully saturated rings. The van der Waals surface area contributed by atoms with Crippen LogP contribution in [0.2, 0.25) is 0 Å². The number of hydrogen-bond donors (Lipinski definition) is 2. The molecule has 1 aliphatic rings. The van der Waals surface area contributed by atoms with E-state index in [0.717, 1.165) is 37.0 Å². The lowest BCUT2D eigenvalue weighted by atomic mass is 9.93. The second-order valence-electron chi connectivity index (χ2n) is 3.92. The molecule has 0 unspecified atom stereocenters. The Morgan fingerprint density at radius 2 is 2.13 bits per heavy atom. The Balaban J connectivity index is 2.02. The maximum Gasteiger partial charge on any atom is 0.184 e. The van der Waals surface area contributed by atoms with Gasteiger partial charge in [-0.1, -0.05) is 0 Å². The summed E-state index contributed by atoms with van der Waals surface area (Å²) in [6.07, 6.45) is 5.71. The first kappa shape index (κ1) is 8.79. The van der Waals surface area contributed by atoms with Crippen LogP contribution >= 0.6 is 0 Å². The largest absolute Gasteiger partial charge is 0.317 e. The lowest BCUT2D eigenvalue weighted by molar-refractivity contribution is 0.454. The number of rotatable bonds is 1. The van der Waals surface area contributed by atoms with E-state index >= 15 is 0 Å². The molecule has 2 aromatic rings. The lowest BCUT2D eigenvalue weighted by Crippen LogP contribution is -2.26. The Morgan fingerprint density at radius 3 is 3.00 bits per heavy atom. The van der Waals surface area contributed by atoms with Crippen molar-refractivity contribution in [2.75, 3.05) is 13.1 Å². The van der Waals surface area contributed by atoms with Gasteiger partial charge in [-0.25, -0.2) is 9.97 Å². The molecule has 2 aromatic heterocycles. The maximum absolute atomic E-state index is 4.20. The van der Waals surface area contributed by atoms with Gasteiger partial charge in [0.1, 0.15) is 6.33 Å². The highest BCUT2D eigenvalue weighted by molar-refractivity contribution is 5.76. The smallest absolute Gasteiger partial charge is 0.184 e. The first-order chi connectivity index (χ1) is 7.45. The van der Waals surface area contributed by atoms with Gasteiger partial charge in [-0.15, -0.1) is 0 Å². The Labute approximate surface area is 87.3 Å². The number of H-pyrrole nitrogens is 1. The summed E-state index contributed by atoms with van der Waals surface area (Å²) in [5, 5.41) is 11.7. The van der Waals surface area contributed by atoms with Gasteiger partial charge in [0.05, 0.1) is 5.39 Å². The average Bonchev–Trinajstić information content (AvgIpc) is 2.74. The van der Waals surface area contributed by atoms with Crippen molar-refractivity contribution in [2.45, 2.75) is 18.8 Å². The minimum atomic E-state index is 0.572. The van der Waals surface area contributed by atoms with E-state index in [0.29, 0.717) is 5.92 Å². The fourth-order valence-electron chi connectivity index (χ4n) is 2.20. The highest BCUT2D eigenvalue weighted by atomic mass is 15.2.